The zero-order valence-electron chi connectivity index (χ0n) is 15.4. The molecule has 0 saturated carbocycles. The molecule has 2 N–H and O–H groups in total. The van der Waals surface area contributed by atoms with Crippen LogP contribution in [0.4, 0.5) is 0 Å². The molecule has 0 aliphatic rings. The molecule has 10 heteroatoms. The van der Waals surface area contributed by atoms with Gasteiger partial charge in [-0.3, -0.25) is 9.36 Å². The van der Waals surface area contributed by atoms with Gasteiger partial charge in [-0.25, -0.2) is 9.38 Å². The highest BCUT2D eigenvalue weighted by molar-refractivity contribution is 5.74. The molecule has 146 valence electrons. The molecule has 4 aromatic rings. The molecule has 0 aliphatic carbocycles. The van der Waals surface area contributed by atoms with Crippen LogP contribution in [0.3, 0.4) is 0 Å². The lowest BCUT2D eigenvalue weighted by Crippen LogP contribution is -2.14. The number of aliphatic hydroxyl groups is 1. The summed E-state index contributed by atoms with van der Waals surface area (Å²) >= 11 is 0. The van der Waals surface area contributed by atoms with E-state index < -0.39 is 0 Å². The zero-order chi connectivity index (χ0) is 19.7. The van der Waals surface area contributed by atoms with Gasteiger partial charge in [-0.15, -0.1) is 0 Å². The van der Waals surface area contributed by atoms with Crippen LogP contribution in [0.25, 0.3) is 28.2 Å². The fourth-order valence-corrected chi connectivity index (χ4v) is 2.98. The van der Waals surface area contributed by atoms with Gasteiger partial charge in [-0.2, -0.15) is 4.98 Å². The molecule has 0 saturated heterocycles. The predicted molar refractivity (Wildman–Crippen MR) is 101 cm³/mol. The van der Waals surface area contributed by atoms with Gasteiger partial charge in [0.05, 0.1) is 39.5 Å². The second kappa shape index (κ2) is 7.33. The van der Waals surface area contributed by atoms with Crippen molar-refractivity contribution in [3.05, 3.63) is 41.1 Å². The Morgan fingerprint density at radius 3 is 2.86 bits per heavy atom. The minimum absolute atomic E-state index is 0.0867. The number of nitrogens with one attached hydrogen (secondary N) is 1. The Labute approximate surface area is 158 Å². The average molecular weight is 385 g/mol. The lowest BCUT2D eigenvalue weighted by atomic mass is 10.1. The van der Waals surface area contributed by atoms with E-state index in [1.807, 2.05) is 12.1 Å². The summed E-state index contributed by atoms with van der Waals surface area (Å²) in [5.41, 5.74) is 1.77. The SMILES string of the molecule is COc1ccc(-c2cn3c(=O)c4ncn(COCCO)c4nc3[nH]2)c(OC)c1. The van der Waals surface area contributed by atoms with Crippen molar-refractivity contribution in [1.82, 2.24) is 23.9 Å². The first-order chi connectivity index (χ1) is 13.7. The van der Waals surface area contributed by atoms with Crippen molar-refractivity contribution in [3.63, 3.8) is 0 Å². The van der Waals surface area contributed by atoms with E-state index in [1.165, 1.54) is 10.7 Å². The highest BCUT2D eigenvalue weighted by atomic mass is 16.5. The van der Waals surface area contributed by atoms with Crippen molar-refractivity contribution in [2.24, 2.45) is 0 Å². The molecule has 3 heterocycles. The maximum absolute atomic E-state index is 12.8. The first-order valence-corrected chi connectivity index (χ1v) is 8.53. The van der Waals surface area contributed by atoms with Crippen molar-refractivity contribution in [1.29, 1.82) is 0 Å². The molecule has 0 amide bonds. The number of hydrogen-bond acceptors (Lipinski definition) is 7. The summed E-state index contributed by atoms with van der Waals surface area (Å²) in [6.45, 7) is 0.237. The normalized spacial score (nSPS) is 11.4. The van der Waals surface area contributed by atoms with Crippen molar-refractivity contribution >= 4 is 16.9 Å². The average Bonchev–Trinajstić information content (AvgIpc) is 3.33. The van der Waals surface area contributed by atoms with Crippen LogP contribution < -0.4 is 15.0 Å². The third-order valence-electron chi connectivity index (χ3n) is 4.34. The van der Waals surface area contributed by atoms with Gasteiger partial charge in [-0.05, 0) is 12.1 Å². The molecule has 0 radical (unpaired) electrons. The number of nitrogens with zero attached hydrogens (tertiary/aromatic N) is 4. The van der Waals surface area contributed by atoms with E-state index in [-0.39, 0.29) is 31.0 Å². The van der Waals surface area contributed by atoms with Gasteiger partial charge < -0.3 is 24.3 Å². The number of H-pyrrole nitrogens is 1. The molecule has 0 atom stereocenters. The topological polar surface area (TPSA) is 116 Å². The number of imidazole rings is 2. The van der Waals surface area contributed by atoms with E-state index in [2.05, 4.69) is 15.0 Å². The largest absolute Gasteiger partial charge is 0.497 e. The van der Waals surface area contributed by atoms with E-state index in [1.54, 1.807) is 31.0 Å². The van der Waals surface area contributed by atoms with Crippen molar-refractivity contribution in [3.8, 4) is 22.8 Å². The highest BCUT2D eigenvalue weighted by Gasteiger charge is 2.16. The monoisotopic (exact) mass is 385 g/mol. The Kier molecular flexibility index (Phi) is 4.72. The third kappa shape index (κ3) is 2.98. The molecule has 10 nitrogen and oxygen atoms in total. The smallest absolute Gasteiger partial charge is 0.287 e. The summed E-state index contributed by atoms with van der Waals surface area (Å²) in [4.78, 5) is 24.6. The number of hydrogen-bond donors (Lipinski definition) is 2. The van der Waals surface area contributed by atoms with E-state index in [0.29, 0.717) is 28.6 Å². The van der Waals surface area contributed by atoms with E-state index in [4.69, 9.17) is 19.3 Å². The molecule has 0 spiro atoms. The van der Waals surface area contributed by atoms with Gasteiger partial charge in [0.25, 0.3) is 5.56 Å². The van der Waals surface area contributed by atoms with Crippen LogP contribution in [0.2, 0.25) is 0 Å². The summed E-state index contributed by atoms with van der Waals surface area (Å²) in [6, 6.07) is 5.42. The Balaban J connectivity index is 1.82. The second-order valence-corrected chi connectivity index (χ2v) is 5.99. The maximum Gasteiger partial charge on any atom is 0.287 e. The predicted octanol–water partition coefficient (Wildman–Crippen LogP) is 1.02. The van der Waals surface area contributed by atoms with Gasteiger partial charge in [0, 0.05) is 17.8 Å². The number of methoxy groups -OCH3 is 2. The van der Waals surface area contributed by atoms with Crippen LogP contribution in [-0.4, -0.2) is 56.5 Å². The van der Waals surface area contributed by atoms with Crippen LogP contribution in [0.15, 0.2) is 35.5 Å². The lowest BCUT2D eigenvalue weighted by molar-refractivity contribution is 0.0499. The van der Waals surface area contributed by atoms with Crippen molar-refractivity contribution in [2.45, 2.75) is 6.73 Å². The zero-order valence-corrected chi connectivity index (χ0v) is 15.4. The molecule has 0 bridgehead atoms. The number of benzene rings is 1. The quantitative estimate of drug-likeness (QED) is 0.456. The van der Waals surface area contributed by atoms with Gasteiger partial charge >= 0.3 is 0 Å². The van der Waals surface area contributed by atoms with Crippen LogP contribution in [0, 0.1) is 0 Å². The first-order valence-electron chi connectivity index (χ1n) is 8.53. The lowest BCUT2D eigenvalue weighted by Gasteiger charge is -2.08. The van der Waals surface area contributed by atoms with E-state index in [0.717, 1.165) is 5.56 Å². The van der Waals surface area contributed by atoms with Crippen LogP contribution in [-0.2, 0) is 11.5 Å². The minimum atomic E-state index is -0.295. The number of aromatic amines is 1. The summed E-state index contributed by atoms with van der Waals surface area (Å²) in [5, 5.41) is 8.84. The molecule has 0 unspecified atom stereocenters. The van der Waals surface area contributed by atoms with Crippen LogP contribution in [0.1, 0.15) is 0 Å². The Hall–Kier alpha value is -3.37. The van der Waals surface area contributed by atoms with Crippen LogP contribution in [0.5, 0.6) is 11.5 Å². The Morgan fingerprint density at radius 1 is 1.25 bits per heavy atom. The fourth-order valence-electron chi connectivity index (χ4n) is 2.98. The van der Waals surface area contributed by atoms with Gasteiger partial charge in [0.2, 0.25) is 5.78 Å². The van der Waals surface area contributed by atoms with Gasteiger partial charge in [0.1, 0.15) is 18.2 Å². The number of aromatic nitrogens is 5. The van der Waals surface area contributed by atoms with E-state index >= 15 is 0 Å². The molecule has 28 heavy (non-hydrogen) atoms. The fraction of sp³-hybridized carbons (Fsp3) is 0.278. The van der Waals surface area contributed by atoms with Crippen LogP contribution >= 0.6 is 0 Å². The third-order valence-corrected chi connectivity index (χ3v) is 4.34. The minimum Gasteiger partial charge on any atom is -0.497 e. The van der Waals surface area contributed by atoms with Crippen molar-refractivity contribution in [2.75, 3.05) is 27.4 Å². The molecule has 0 aliphatic heterocycles. The number of rotatable bonds is 7. The highest BCUT2D eigenvalue weighted by Crippen LogP contribution is 2.32. The molecular formula is C18H19N5O5. The first kappa shape index (κ1) is 18.0. The molecular weight excluding hydrogens is 366 g/mol. The van der Waals surface area contributed by atoms with E-state index in [9.17, 15) is 4.79 Å². The molecule has 3 aromatic heterocycles. The molecule has 4 rings (SSSR count). The summed E-state index contributed by atoms with van der Waals surface area (Å²) in [6.07, 6.45) is 3.15. The summed E-state index contributed by atoms with van der Waals surface area (Å²) in [7, 11) is 3.15. The second-order valence-electron chi connectivity index (χ2n) is 5.99. The summed E-state index contributed by atoms with van der Waals surface area (Å²) in [5.74, 6) is 1.64. The Bertz CT molecular complexity index is 1190. The number of fused-ring (bicyclic) bond motifs is 2. The molecule has 1 aromatic carbocycles. The van der Waals surface area contributed by atoms with Crippen molar-refractivity contribution < 1.29 is 19.3 Å². The standard InChI is InChI=1S/C18H19N5O5/c1-26-11-3-4-12(14(7-11)27-2)13-8-23-17(25)15-16(21-18(23)20-13)22(9-19-15)10-28-6-5-24/h3-4,7-9,24H,5-6,10H2,1-2H3,(H,20,21). The number of aliphatic hydroxyl groups excluding tert-OH is 1. The molecule has 0 fully saturated rings. The summed E-state index contributed by atoms with van der Waals surface area (Å²) < 4.78 is 19.0. The maximum atomic E-state index is 12.8. The van der Waals surface area contributed by atoms with Gasteiger partial charge in [-0.1, -0.05) is 0 Å². The van der Waals surface area contributed by atoms with Gasteiger partial charge in [0.15, 0.2) is 11.2 Å². The Morgan fingerprint density at radius 2 is 2.11 bits per heavy atom. The number of ether oxygens (including phenoxy) is 3.